The number of nitrogens with one attached hydrogen (secondary N) is 1. The Hall–Kier alpha value is -2.62. The number of nitrogen functional groups attached to an aromatic ring is 1. The summed E-state index contributed by atoms with van der Waals surface area (Å²) in [7, 11) is 1.49. The first-order valence-electron chi connectivity index (χ1n) is 7.69. The molecule has 10 nitrogen and oxygen atoms in total. The van der Waals surface area contributed by atoms with Gasteiger partial charge in [0.15, 0.2) is 17.0 Å². The van der Waals surface area contributed by atoms with Gasteiger partial charge in [0.1, 0.15) is 0 Å². The molecule has 2 aromatic heterocycles. The first-order chi connectivity index (χ1) is 11.6. The largest absolute Gasteiger partial charge is 0.480 e. The monoisotopic (exact) mass is 338 g/mol. The summed E-state index contributed by atoms with van der Waals surface area (Å²) in [6, 6.07) is 0.518. The summed E-state index contributed by atoms with van der Waals surface area (Å²) in [4.78, 5) is 23.3. The zero-order valence-corrected chi connectivity index (χ0v) is 13.8. The Bertz CT molecular complexity index is 702. The number of unbranched alkanes of at least 4 members (excludes halogenated alkanes) is 1. The van der Waals surface area contributed by atoms with Crippen molar-refractivity contribution in [3.63, 3.8) is 0 Å². The number of carboxylic acid groups (broad SMARTS) is 1. The molecule has 0 spiro atoms. The van der Waals surface area contributed by atoms with E-state index in [0.717, 1.165) is 12.8 Å². The average Bonchev–Trinajstić information content (AvgIpc) is 2.90. The second-order valence-corrected chi connectivity index (χ2v) is 5.09. The van der Waals surface area contributed by atoms with Crippen molar-refractivity contribution in [3.8, 4) is 12.0 Å². The maximum absolute atomic E-state index is 10.6. The van der Waals surface area contributed by atoms with Crippen LogP contribution in [-0.2, 0) is 11.3 Å². The van der Waals surface area contributed by atoms with Crippen LogP contribution in [0, 0.1) is 0 Å². The molecule has 0 aliphatic carbocycles. The zero-order valence-electron chi connectivity index (χ0n) is 13.8. The number of nitrogens with two attached hydrogens (primary N) is 1. The smallest absolute Gasteiger partial charge is 0.320 e. The Kier molecular flexibility index (Phi) is 6.13. The number of carboxylic acids is 1. The molecule has 0 fully saturated rings. The van der Waals surface area contributed by atoms with Gasteiger partial charge in [0, 0.05) is 13.1 Å². The lowest BCUT2D eigenvalue weighted by Gasteiger charge is -2.08. The molecule has 4 N–H and O–H groups in total. The molecule has 0 atom stereocenters. The lowest BCUT2D eigenvalue weighted by Crippen LogP contribution is -2.26. The number of nitrogens with zero attached hydrogens (tertiary/aromatic N) is 4. The standard InChI is InChI=1S/C14H22N6O4/c1-3-4-7-24-13-18-11(15)10-12(19-13)20(14(17-10)23-2)6-5-16-8-9(21)22/h16H,3-8H2,1-2H3,(H,21,22)(H2,15,18,19). The Morgan fingerprint density at radius 2 is 2.17 bits per heavy atom. The van der Waals surface area contributed by atoms with Gasteiger partial charge in [-0.05, 0) is 6.42 Å². The normalized spacial score (nSPS) is 10.9. The highest BCUT2D eigenvalue weighted by Crippen LogP contribution is 2.25. The van der Waals surface area contributed by atoms with Crippen LogP contribution in [0.15, 0.2) is 0 Å². The van der Waals surface area contributed by atoms with Crippen molar-refractivity contribution in [2.75, 3.05) is 32.5 Å². The van der Waals surface area contributed by atoms with Crippen LogP contribution in [0.5, 0.6) is 12.0 Å². The average molecular weight is 338 g/mol. The minimum absolute atomic E-state index is 0.128. The molecule has 0 saturated heterocycles. The third-order valence-electron chi connectivity index (χ3n) is 3.27. The lowest BCUT2D eigenvalue weighted by molar-refractivity contribution is -0.135. The summed E-state index contributed by atoms with van der Waals surface area (Å²) in [6.07, 6.45) is 1.89. The molecule has 2 aromatic rings. The van der Waals surface area contributed by atoms with Crippen molar-refractivity contribution in [2.45, 2.75) is 26.3 Å². The van der Waals surface area contributed by atoms with E-state index in [1.165, 1.54) is 7.11 Å². The van der Waals surface area contributed by atoms with Crippen LogP contribution in [0.4, 0.5) is 5.82 Å². The molecule has 0 aliphatic rings. The van der Waals surface area contributed by atoms with Crippen molar-refractivity contribution < 1.29 is 19.4 Å². The fourth-order valence-electron chi connectivity index (χ4n) is 2.10. The van der Waals surface area contributed by atoms with Gasteiger partial charge in [-0.3, -0.25) is 9.36 Å². The Labute approximate surface area is 139 Å². The molecule has 0 aliphatic heterocycles. The molecule has 0 radical (unpaired) electrons. The molecular formula is C14H22N6O4. The van der Waals surface area contributed by atoms with E-state index in [1.54, 1.807) is 4.57 Å². The number of methoxy groups -OCH3 is 1. The number of ether oxygens (including phenoxy) is 2. The van der Waals surface area contributed by atoms with Gasteiger partial charge >= 0.3 is 12.0 Å². The van der Waals surface area contributed by atoms with E-state index in [0.29, 0.717) is 36.9 Å². The van der Waals surface area contributed by atoms with E-state index in [4.69, 9.17) is 20.3 Å². The number of aliphatic carboxylic acids is 1. The molecular weight excluding hydrogens is 316 g/mol. The van der Waals surface area contributed by atoms with Crippen molar-refractivity contribution in [2.24, 2.45) is 0 Å². The van der Waals surface area contributed by atoms with E-state index in [9.17, 15) is 4.79 Å². The van der Waals surface area contributed by atoms with Crippen LogP contribution in [-0.4, -0.2) is 57.4 Å². The number of hydrogen-bond acceptors (Lipinski definition) is 8. The number of hydrogen-bond donors (Lipinski definition) is 3. The van der Waals surface area contributed by atoms with Gasteiger partial charge in [-0.2, -0.15) is 15.0 Å². The van der Waals surface area contributed by atoms with Gasteiger partial charge in [-0.15, -0.1) is 0 Å². The highest BCUT2D eigenvalue weighted by molar-refractivity contribution is 5.83. The molecule has 10 heteroatoms. The van der Waals surface area contributed by atoms with Crippen molar-refractivity contribution in [1.82, 2.24) is 24.8 Å². The van der Waals surface area contributed by atoms with Crippen LogP contribution >= 0.6 is 0 Å². The summed E-state index contributed by atoms with van der Waals surface area (Å²) in [6.45, 7) is 3.26. The molecule has 0 aromatic carbocycles. The SMILES string of the molecule is CCCCOc1nc(N)c2nc(OC)n(CCNCC(=O)O)c2n1. The van der Waals surface area contributed by atoms with Gasteiger partial charge in [-0.1, -0.05) is 13.3 Å². The number of aromatic nitrogens is 4. The van der Waals surface area contributed by atoms with Gasteiger partial charge in [0.05, 0.1) is 20.3 Å². The van der Waals surface area contributed by atoms with Crippen LogP contribution in [0.3, 0.4) is 0 Å². The summed E-state index contributed by atoms with van der Waals surface area (Å²) in [5.41, 5.74) is 6.85. The van der Waals surface area contributed by atoms with Crippen molar-refractivity contribution >= 4 is 23.0 Å². The third-order valence-corrected chi connectivity index (χ3v) is 3.27. The molecule has 0 saturated carbocycles. The number of imidazole rings is 1. The van der Waals surface area contributed by atoms with E-state index in [1.807, 2.05) is 0 Å². The maximum atomic E-state index is 10.6. The van der Waals surface area contributed by atoms with Crippen molar-refractivity contribution in [3.05, 3.63) is 0 Å². The topological polar surface area (TPSA) is 137 Å². The second kappa shape index (κ2) is 8.29. The van der Waals surface area contributed by atoms with Crippen LogP contribution in [0.1, 0.15) is 19.8 Å². The number of rotatable bonds is 10. The molecule has 0 bridgehead atoms. The zero-order chi connectivity index (χ0) is 17.5. The fourth-order valence-corrected chi connectivity index (χ4v) is 2.10. The third kappa shape index (κ3) is 4.22. The highest BCUT2D eigenvalue weighted by Gasteiger charge is 2.17. The van der Waals surface area contributed by atoms with E-state index < -0.39 is 5.97 Å². The number of carbonyl (C=O) groups is 1. The predicted molar refractivity (Wildman–Crippen MR) is 87.2 cm³/mol. The first kappa shape index (κ1) is 17.7. The van der Waals surface area contributed by atoms with Gasteiger partial charge in [-0.25, -0.2) is 0 Å². The first-order valence-corrected chi connectivity index (χ1v) is 7.69. The summed E-state index contributed by atoms with van der Waals surface area (Å²) in [5.74, 6) is -0.710. The van der Waals surface area contributed by atoms with E-state index >= 15 is 0 Å². The number of fused-ring (bicyclic) bond motifs is 1. The predicted octanol–water partition coefficient (Wildman–Crippen LogP) is 0.270. The highest BCUT2D eigenvalue weighted by atomic mass is 16.5. The van der Waals surface area contributed by atoms with Gasteiger partial charge < -0.3 is 25.6 Å². The minimum atomic E-state index is -0.921. The van der Waals surface area contributed by atoms with E-state index in [2.05, 4.69) is 27.2 Å². The Morgan fingerprint density at radius 1 is 1.38 bits per heavy atom. The lowest BCUT2D eigenvalue weighted by atomic mass is 10.4. The van der Waals surface area contributed by atoms with Crippen LogP contribution in [0.25, 0.3) is 11.2 Å². The van der Waals surface area contributed by atoms with Crippen molar-refractivity contribution in [1.29, 1.82) is 0 Å². The maximum Gasteiger partial charge on any atom is 0.320 e. The molecule has 2 heterocycles. The van der Waals surface area contributed by atoms with Crippen LogP contribution in [0.2, 0.25) is 0 Å². The van der Waals surface area contributed by atoms with Gasteiger partial charge in [0.25, 0.3) is 6.01 Å². The molecule has 0 amide bonds. The van der Waals surface area contributed by atoms with Gasteiger partial charge in [0.2, 0.25) is 0 Å². The Morgan fingerprint density at radius 3 is 2.83 bits per heavy atom. The summed E-state index contributed by atoms with van der Waals surface area (Å²) in [5, 5.41) is 11.5. The summed E-state index contributed by atoms with van der Waals surface area (Å²) < 4.78 is 12.5. The van der Waals surface area contributed by atoms with E-state index in [-0.39, 0.29) is 18.4 Å². The molecule has 132 valence electrons. The Balaban J connectivity index is 2.24. The summed E-state index contributed by atoms with van der Waals surface area (Å²) >= 11 is 0. The quantitative estimate of drug-likeness (QED) is 0.521. The fraction of sp³-hybridized carbons (Fsp3) is 0.571. The molecule has 2 rings (SSSR count). The molecule has 0 unspecified atom stereocenters. The number of anilines is 1. The van der Waals surface area contributed by atoms with Crippen LogP contribution < -0.4 is 20.5 Å². The second-order valence-electron chi connectivity index (χ2n) is 5.09. The minimum Gasteiger partial charge on any atom is -0.480 e. The molecule has 24 heavy (non-hydrogen) atoms.